The smallest absolute Gasteiger partial charge is 0.258 e. The molecule has 0 aliphatic rings. The summed E-state index contributed by atoms with van der Waals surface area (Å²) in [5, 5.41) is 0.499. The monoisotopic (exact) mass is 173 g/mol. The lowest BCUT2D eigenvalue weighted by Gasteiger charge is -2.05. The van der Waals surface area contributed by atoms with Gasteiger partial charge in [-0.1, -0.05) is 11.6 Å². The van der Waals surface area contributed by atoms with Crippen molar-refractivity contribution in [1.82, 2.24) is 4.98 Å². The first-order chi connectivity index (χ1) is 5.29. The zero-order valence-electron chi connectivity index (χ0n) is 6.30. The van der Waals surface area contributed by atoms with Gasteiger partial charge >= 0.3 is 0 Å². The van der Waals surface area contributed by atoms with Crippen molar-refractivity contribution in [3.05, 3.63) is 17.3 Å². The van der Waals surface area contributed by atoms with E-state index in [0.717, 1.165) is 0 Å². The molecule has 1 heterocycles. The summed E-state index contributed by atoms with van der Waals surface area (Å²) in [6.45, 7) is 0. The molecular weight excluding hydrogens is 166 g/mol. The van der Waals surface area contributed by atoms with Crippen LogP contribution in [-0.2, 0) is 0 Å². The van der Waals surface area contributed by atoms with Gasteiger partial charge in [0.2, 0.25) is 0 Å². The van der Waals surface area contributed by atoms with Gasteiger partial charge in [0.25, 0.3) is 5.88 Å². The van der Waals surface area contributed by atoms with Crippen molar-refractivity contribution in [2.45, 2.75) is 0 Å². The molecule has 0 aliphatic heterocycles. The van der Waals surface area contributed by atoms with Crippen LogP contribution in [0.4, 0.5) is 0 Å². The number of aromatic nitrogens is 1. The zero-order chi connectivity index (χ0) is 8.27. The molecule has 0 aliphatic carbocycles. The molecule has 0 fully saturated rings. The van der Waals surface area contributed by atoms with Gasteiger partial charge in [0, 0.05) is 6.20 Å². The largest absolute Gasteiger partial charge is 0.490 e. The fourth-order valence-corrected chi connectivity index (χ4v) is 0.951. The Morgan fingerprint density at radius 2 is 2.09 bits per heavy atom. The summed E-state index contributed by atoms with van der Waals surface area (Å²) in [5.74, 6) is 0.872. The van der Waals surface area contributed by atoms with Gasteiger partial charge in [-0.3, -0.25) is 0 Å². The summed E-state index contributed by atoms with van der Waals surface area (Å²) in [6.07, 6.45) is 1.56. The highest BCUT2D eigenvalue weighted by Gasteiger charge is 2.07. The molecule has 0 N–H and O–H groups in total. The maximum Gasteiger partial charge on any atom is 0.258 e. The van der Waals surface area contributed by atoms with Crippen molar-refractivity contribution in [2.75, 3.05) is 14.2 Å². The topological polar surface area (TPSA) is 31.4 Å². The summed E-state index contributed by atoms with van der Waals surface area (Å²) < 4.78 is 9.84. The average Bonchev–Trinajstić information content (AvgIpc) is 2.04. The molecule has 0 spiro atoms. The highest BCUT2D eigenvalue weighted by atomic mass is 35.5. The third-order valence-corrected chi connectivity index (χ3v) is 1.52. The van der Waals surface area contributed by atoms with Crippen molar-refractivity contribution in [3.8, 4) is 11.6 Å². The lowest BCUT2D eigenvalue weighted by Crippen LogP contribution is -1.93. The molecule has 0 radical (unpaired) electrons. The molecule has 1 aromatic heterocycles. The molecule has 4 heteroatoms. The average molecular weight is 174 g/mol. The molecular formula is C7H8ClNO2. The summed E-state index contributed by atoms with van der Waals surface area (Å²) in [4.78, 5) is 3.90. The highest BCUT2D eigenvalue weighted by molar-refractivity contribution is 6.32. The molecule has 0 bridgehead atoms. The summed E-state index contributed by atoms with van der Waals surface area (Å²) >= 11 is 5.76. The van der Waals surface area contributed by atoms with Crippen LogP contribution in [0.1, 0.15) is 0 Å². The Morgan fingerprint density at radius 1 is 1.36 bits per heavy atom. The lowest BCUT2D eigenvalue weighted by atomic mass is 10.4. The minimum atomic E-state index is 0.403. The predicted octanol–water partition coefficient (Wildman–Crippen LogP) is 1.75. The molecule has 0 atom stereocenters. The fraction of sp³-hybridized carbons (Fsp3) is 0.286. The second-order valence-electron chi connectivity index (χ2n) is 1.84. The van der Waals surface area contributed by atoms with Crippen LogP contribution in [0, 0.1) is 0 Å². The quantitative estimate of drug-likeness (QED) is 0.683. The van der Waals surface area contributed by atoms with Gasteiger partial charge < -0.3 is 9.47 Å². The Morgan fingerprint density at radius 3 is 2.55 bits per heavy atom. The van der Waals surface area contributed by atoms with Crippen LogP contribution in [0.3, 0.4) is 0 Å². The Bertz CT molecular complexity index is 252. The Hall–Kier alpha value is -0.960. The molecule has 11 heavy (non-hydrogen) atoms. The number of hydrogen-bond donors (Lipinski definition) is 0. The van der Waals surface area contributed by atoms with E-state index in [1.807, 2.05) is 0 Å². The molecule has 1 aromatic rings. The van der Waals surface area contributed by atoms with Crippen molar-refractivity contribution in [1.29, 1.82) is 0 Å². The van der Waals surface area contributed by atoms with Crippen LogP contribution in [0.2, 0.25) is 5.02 Å². The number of rotatable bonds is 2. The number of methoxy groups -OCH3 is 2. The minimum absolute atomic E-state index is 0.403. The van der Waals surface area contributed by atoms with E-state index in [-0.39, 0.29) is 0 Å². The minimum Gasteiger partial charge on any atom is -0.490 e. The fourth-order valence-electron chi connectivity index (χ4n) is 0.737. The lowest BCUT2D eigenvalue weighted by molar-refractivity contribution is 0.343. The Kier molecular flexibility index (Phi) is 2.54. The first kappa shape index (κ1) is 8.14. The molecule has 0 unspecified atom stereocenters. The SMILES string of the molecule is COc1nccc(Cl)c1OC. The third-order valence-electron chi connectivity index (χ3n) is 1.22. The maximum absolute atomic E-state index is 5.76. The number of nitrogens with zero attached hydrogens (tertiary/aromatic N) is 1. The van der Waals surface area contributed by atoms with E-state index in [2.05, 4.69) is 4.98 Å². The van der Waals surface area contributed by atoms with E-state index in [1.54, 1.807) is 12.3 Å². The third kappa shape index (κ3) is 1.54. The van der Waals surface area contributed by atoms with Crippen LogP contribution in [0.25, 0.3) is 0 Å². The Labute approximate surface area is 69.9 Å². The van der Waals surface area contributed by atoms with Crippen LogP contribution < -0.4 is 9.47 Å². The van der Waals surface area contributed by atoms with Gasteiger partial charge in [-0.05, 0) is 6.07 Å². The van der Waals surface area contributed by atoms with Crippen molar-refractivity contribution < 1.29 is 9.47 Å². The van der Waals surface area contributed by atoms with Crippen LogP contribution in [0.5, 0.6) is 11.6 Å². The maximum atomic E-state index is 5.76. The zero-order valence-corrected chi connectivity index (χ0v) is 7.05. The van der Waals surface area contributed by atoms with E-state index >= 15 is 0 Å². The summed E-state index contributed by atoms with van der Waals surface area (Å²) in [6, 6.07) is 1.64. The van der Waals surface area contributed by atoms with Gasteiger partial charge in [-0.2, -0.15) is 0 Å². The molecule has 60 valence electrons. The summed E-state index contributed by atoms with van der Waals surface area (Å²) in [7, 11) is 3.03. The normalized spacial score (nSPS) is 9.36. The molecule has 0 saturated heterocycles. The van der Waals surface area contributed by atoms with Gasteiger partial charge in [0.15, 0.2) is 5.75 Å². The summed E-state index contributed by atoms with van der Waals surface area (Å²) in [5.41, 5.74) is 0. The van der Waals surface area contributed by atoms with Crippen molar-refractivity contribution in [2.24, 2.45) is 0 Å². The van der Waals surface area contributed by atoms with E-state index in [4.69, 9.17) is 21.1 Å². The molecule has 0 amide bonds. The van der Waals surface area contributed by atoms with E-state index in [9.17, 15) is 0 Å². The van der Waals surface area contributed by atoms with Gasteiger partial charge in [0.1, 0.15) is 0 Å². The van der Waals surface area contributed by atoms with Crippen LogP contribution >= 0.6 is 11.6 Å². The van der Waals surface area contributed by atoms with E-state index < -0.39 is 0 Å². The number of hydrogen-bond acceptors (Lipinski definition) is 3. The second-order valence-corrected chi connectivity index (χ2v) is 2.24. The van der Waals surface area contributed by atoms with Crippen molar-refractivity contribution >= 4 is 11.6 Å². The Balaban J connectivity index is 3.13. The molecule has 3 nitrogen and oxygen atoms in total. The van der Waals surface area contributed by atoms with Gasteiger partial charge in [-0.15, -0.1) is 0 Å². The molecule has 0 saturated carbocycles. The van der Waals surface area contributed by atoms with E-state index in [0.29, 0.717) is 16.7 Å². The van der Waals surface area contributed by atoms with Crippen LogP contribution in [-0.4, -0.2) is 19.2 Å². The highest BCUT2D eigenvalue weighted by Crippen LogP contribution is 2.31. The first-order valence-electron chi connectivity index (χ1n) is 3.02. The molecule has 1 rings (SSSR count). The first-order valence-corrected chi connectivity index (χ1v) is 3.40. The van der Waals surface area contributed by atoms with Crippen LogP contribution in [0.15, 0.2) is 12.3 Å². The van der Waals surface area contributed by atoms with Gasteiger partial charge in [0.05, 0.1) is 19.2 Å². The predicted molar refractivity (Wildman–Crippen MR) is 42.4 cm³/mol. The number of ether oxygens (including phenoxy) is 2. The van der Waals surface area contributed by atoms with Gasteiger partial charge in [-0.25, -0.2) is 4.98 Å². The van der Waals surface area contributed by atoms with Crippen molar-refractivity contribution in [3.63, 3.8) is 0 Å². The molecule has 0 aromatic carbocycles. The van der Waals surface area contributed by atoms with E-state index in [1.165, 1.54) is 14.2 Å². The number of halogens is 1. The second kappa shape index (κ2) is 3.44. The standard InChI is InChI=1S/C7H8ClNO2/c1-10-6-5(8)3-4-9-7(6)11-2/h3-4H,1-2H3. The number of pyridine rings is 1.